The van der Waals surface area contributed by atoms with E-state index in [9.17, 15) is 9.59 Å². The first-order chi connectivity index (χ1) is 16.4. The van der Waals surface area contributed by atoms with Crippen LogP contribution in [-0.2, 0) is 19.1 Å². The molecule has 0 aromatic rings. The molecule has 0 aromatic heterocycles. The van der Waals surface area contributed by atoms with Gasteiger partial charge in [-0.25, -0.2) is 9.59 Å². The van der Waals surface area contributed by atoms with Crippen molar-refractivity contribution < 1.29 is 19.1 Å². The van der Waals surface area contributed by atoms with Gasteiger partial charge in [0.1, 0.15) is 13.2 Å². The van der Waals surface area contributed by atoms with E-state index in [1.165, 1.54) is 0 Å². The number of carbonyl (C=O) groups is 2. The van der Waals surface area contributed by atoms with Crippen LogP contribution in [0.15, 0.2) is 156 Å². The summed E-state index contributed by atoms with van der Waals surface area (Å²) in [6.07, 6.45) is 0. The van der Waals surface area contributed by atoms with Crippen molar-refractivity contribution in [3.05, 3.63) is 156 Å². The van der Waals surface area contributed by atoms with Crippen LogP contribution in [0.5, 0.6) is 0 Å². The van der Waals surface area contributed by atoms with E-state index in [1.807, 2.05) is 0 Å². The molecule has 0 atom stereocenters. The van der Waals surface area contributed by atoms with Gasteiger partial charge in [0.25, 0.3) is 0 Å². The van der Waals surface area contributed by atoms with Crippen molar-refractivity contribution >= 4 is 11.9 Å². The molecule has 198 valence electrons. The number of carbonyl (C=O) groups excluding carboxylic acids is 2. The average Bonchev–Trinajstić information content (AvgIpc) is 2.97. The second kappa shape index (κ2) is 160. The van der Waals surface area contributed by atoms with Crippen molar-refractivity contribution in [3.8, 4) is 0 Å². The topological polar surface area (TPSA) is 52.6 Å². The highest BCUT2D eigenvalue weighted by atomic mass is 16.6. The molecule has 0 heterocycles. The average molecular weight is 479 g/mol. The Morgan fingerprint density at radius 3 is 0.618 bits per heavy atom. The van der Waals surface area contributed by atoms with Crippen LogP contribution in [0.3, 0.4) is 0 Å². The summed E-state index contributed by atoms with van der Waals surface area (Å²) in [4.78, 5) is 21.7. The van der Waals surface area contributed by atoms with Gasteiger partial charge in [-0.05, 0) is 13.8 Å². The fraction of sp³-hybridized carbons (Fsp3) is 0.133. The Kier molecular flexibility index (Phi) is 328. The fourth-order valence-corrected chi connectivity index (χ4v) is 0.515. The first-order valence-corrected chi connectivity index (χ1v) is 9.10. The first-order valence-electron chi connectivity index (χ1n) is 9.10. The van der Waals surface area contributed by atoms with E-state index in [-0.39, 0.29) is 13.2 Å². The van der Waals surface area contributed by atoms with Gasteiger partial charge in [0, 0.05) is 11.1 Å². The second-order valence-corrected chi connectivity index (χ2v) is 2.83. The van der Waals surface area contributed by atoms with Crippen LogP contribution < -0.4 is 0 Å². The Morgan fingerprint density at radius 1 is 0.412 bits per heavy atom. The largest absolute Gasteiger partial charge is 0.459 e. The molecule has 4 nitrogen and oxygen atoms in total. The Hall–Kier alpha value is -4.18. The molecule has 0 spiro atoms. The maximum atomic E-state index is 10.8. The van der Waals surface area contributed by atoms with Crippen LogP contribution in [0, 0.1) is 0 Å². The van der Waals surface area contributed by atoms with E-state index in [0.717, 1.165) is 0 Å². The molecular weight excluding hydrogens is 424 g/mol. The molecule has 0 rings (SSSR count). The molecule has 0 aliphatic rings. The fourth-order valence-electron chi connectivity index (χ4n) is 0.515. The molecule has 0 radical (unpaired) electrons. The predicted molar refractivity (Wildman–Crippen MR) is 164 cm³/mol. The molecule has 0 fully saturated rings. The smallest absolute Gasteiger partial charge is 0.333 e. The van der Waals surface area contributed by atoms with Gasteiger partial charge in [0.2, 0.25) is 0 Å². The SMILES string of the molecule is C=C.C=C.C=C.C=C.C=C.C=C.C=C.C=C.C=C.C=C.C=C(C)C(=O)OCCOC(=O)C(=C)C. The maximum absolute atomic E-state index is 10.8. The molecule has 34 heavy (non-hydrogen) atoms. The third-order valence-electron chi connectivity index (χ3n) is 1.25. The van der Waals surface area contributed by atoms with E-state index < -0.39 is 11.9 Å². The molecular formula is C30H54O4. The van der Waals surface area contributed by atoms with Crippen LogP contribution >= 0.6 is 0 Å². The lowest BCUT2D eigenvalue weighted by atomic mass is 10.4. The molecule has 0 N–H and O–H groups in total. The Bertz CT molecular complexity index is 339. The van der Waals surface area contributed by atoms with Crippen molar-refractivity contribution in [1.82, 2.24) is 0 Å². The van der Waals surface area contributed by atoms with Gasteiger partial charge in [-0.3, -0.25) is 0 Å². The Morgan fingerprint density at radius 2 is 0.529 bits per heavy atom. The quantitative estimate of drug-likeness (QED) is 0.171. The van der Waals surface area contributed by atoms with Gasteiger partial charge in [0.05, 0.1) is 0 Å². The zero-order valence-electron chi connectivity index (χ0n) is 22.6. The monoisotopic (exact) mass is 478 g/mol. The van der Waals surface area contributed by atoms with Gasteiger partial charge in [0.15, 0.2) is 0 Å². The lowest BCUT2D eigenvalue weighted by molar-refractivity contribution is -0.147. The van der Waals surface area contributed by atoms with Crippen LogP contribution in [0.1, 0.15) is 13.8 Å². The van der Waals surface area contributed by atoms with Gasteiger partial charge in [-0.15, -0.1) is 132 Å². The van der Waals surface area contributed by atoms with Crippen molar-refractivity contribution in [1.29, 1.82) is 0 Å². The Balaban J connectivity index is -0.0000000246. The highest BCUT2D eigenvalue weighted by Crippen LogP contribution is 1.94. The number of rotatable bonds is 5. The summed E-state index contributed by atoms with van der Waals surface area (Å²) >= 11 is 0. The summed E-state index contributed by atoms with van der Waals surface area (Å²) in [5.74, 6) is -0.979. The molecule has 0 aromatic carbocycles. The van der Waals surface area contributed by atoms with Crippen LogP contribution in [-0.4, -0.2) is 25.2 Å². The van der Waals surface area contributed by atoms with Crippen LogP contribution in [0.4, 0.5) is 0 Å². The van der Waals surface area contributed by atoms with Crippen molar-refractivity contribution in [2.24, 2.45) is 0 Å². The third-order valence-corrected chi connectivity index (χ3v) is 1.25. The lowest BCUT2D eigenvalue weighted by Crippen LogP contribution is -2.14. The second-order valence-electron chi connectivity index (χ2n) is 2.83. The number of hydrogen-bond donors (Lipinski definition) is 0. The molecule has 0 aliphatic carbocycles. The molecule has 0 saturated carbocycles. The van der Waals surface area contributed by atoms with Crippen LogP contribution in [0.25, 0.3) is 0 Å². The van der Waals surface area contributed by atoms with Crippen molar-refractivity contribution in [2.75, 3.05) is 13.2 Å². The normalized spacial score (nSPS) is 4.88. The summed E-state index contributed by atoms with van der Waals surface area (Å²) in [5.41, 5.74) is 0.632. The maximum Gasteiger partial charge on any atom is 0.333 e. The number of esters is 2. The molecule has 0 aliphatic heterocycles. The van der Waals surface area contributed by atoms with E-state index in [0.29, 0.717) is 11.1 Å². The first kappa shape index (κ1) is 69.9. The zero-order chi connectivity index (χ0) is 31.1. The standard InChI is InChI=1S/C10H14O4.10C2H4/c1-7(2)9(11)13-5-6-14-10(12)8(3)4;10*1-2/h1,3,5-6H2,2,4H3;10*1-2H2. The summed E-state index contributed by atoms with van der Waals surface area (Å²) in [7, 11) is 0. The molecule has 0 bridgehead atoms. The number of hydrogen-bond acceptors (Lipinski definition) is 4. The minimum Gasteiger partial charge on any atom is -0.459 e. The summed E-state index contributed by atoms with van der Waals surface area (Å²) in [6, 6.07) is 0. The molecule has 4 heteroatoms. The summed E-state index contributed by atoms with van der Waals surface area (Å²) in [5, 5.41) is 0. The molecule has 0 saturated heterocycles. The lowest BCUT2D eigenvalue weighted by Gasteiger charge is -2.05. The number of ether oxygens (including phenoxy) is 2. The van der Waals surface area contributed by atoms with E-state index in [2.05, 4.69) is 154 Å². The van der Waals surface area contributed by atoms with Gasteiger partial charge < -0.3 is 9.47 Å². The van der Waals surface area contributed by atoms with E-state index in [4.69, 9.17) is 0 Å². The molecule has 0 amide bonds. The van der Waals surface area contributed by atoms with Gasteiger partial charge in [-0.2, -0.15) is 0 Å². The molecule has 0 unspecified atom stereocenters. The predicted octanol–water partition coefficient (Wildman–Crippen LogP) is 9.25. The Labute approximate surface area is 214 Å². The van der Waals surface area contributed by atoms with E-state index >= 15 is 0 Å². The van der Waals surface area contributed by atoms with E-state index in [1.54, 1.807) is 13.8 Å². The van der Waals surface area contributed by atoms with Crippen LogP contribution in [0.2, 0.25) is 0 Å². The minimum absolute atomic E-state index is 0.0325. The minimum atomic E-state index is -0.489. The highest BCUT2D eigenvalue weighted by molar-refractivity contribution is 5.87. The third kappa shape index (κ3) is 171. The van der Waals surface area contributed by atoms with Crippen molar-refractivity contribution in [3.63, 3.8) is 0 Å². The van der Waals surface area contributed by atoms with Gasteiger partial charge >= 0.3 is 11.9 Å². The summed E-state index contributed by atoms with van der Waals surface area (Å²) < 4.78 is 9.38. The van der Waals surface area contributed by atoms with Crippen molar-refractivity contribution in [2.45, 2.75) is 13.8 Å². The zero-order valence-corrected chi connectivity index (χ0v) is 22.6. The van der Waals surface area contributed by atoms with Gasteiger partial charge in [-0.1, -0.05) is 13.2 Å². The highest BCUT2D eigenvalue weighted by Gasteiger charge is 2.05. The summed E-state index contributed by atoms with van der Waals surface area (Å²) in [6.45, 7) is 70.0.